The van der Waals surface area contributed by atoms with Crippen molar-refractivity contribution in [2.75, 3.05) is 31.1 Å². The van der Waals surface area contributed by atoms with Gasteiger partial charge in [0.05, 0.1) is 11.1 Å². The molecule has 0 bridgehead atoms. The van der Waals surface area contributed by atoms with Crippen LogP contribution in [0, 0.1) is 0 Å². The first-order valence-corrected chi connectivity index (χ1v) is 10.8. The minimum atomic E-state index is -0.332. The van der Waals surface area contributed by atoms with Crippen LogP contribution in [-0.4, -0.2) is 57.2 Å². The first-order chi connectivity index (χ1) is 16.2. The van der Waals surface area contributed by atoms with Crippen LogP contribution in [0.15, 0.2) is 73.1 Å². The minimum absolute atomic E-state index is 0. The number of phenols is 1. The molecule has 0 spiro atoms. The Morgan fingerprint density at radius 3 is 2.55 bits per heavy atom. The highest BCUT2D eigenvalue weighted by molar-refractivity contribution is 5.91. The molecule has 0 atom stereocenters. The number of aromatic hydroxyl groups is 1. The number of pyridine rings is 1. The quantitative estimate of drug-likeness (QED) is 0.508. The van der Waals surface area contributed by atoms with E-state index >= 15 is 0 Å². The Hall–Kier alpha value is -4.20. The summed E-state index contributed by atoms with van der Waals surface area (Å²) in [5.74, 6) is 1.40. The second kappa shape index (κ2) is 9.12. The third kappa shape index (κ3) is 4.41. The van der Waals surface area contributed by atoms with Crippen LogP contribution in [0.5, 0.6) is 5.75 Å². The molecule has 1 saturated heterocycles. The Labute approximate surface area is 192 Å². The fraction of sp³-hybridized carbons (Fsp3) is 0.200. The number of carbonyl (C=O) groups is 1. The monoisotopic (exact) mass is 443 g/mol. The van der Waals surface area contributed by atoms with Crippen molar-refractivity contribution in [2.45, 2.75) is 6.61 Å². The van der Waals surface area contributed by atoms with Crippen LogP contribution in [0.2, 0.25) is 0 Å². The molecule has 1 aliphatic rings. The predicted molar refractivity (Wildman–Crippen MR) is 127 cm³/mol. The average Bonchev–Trinajstić information content (AvgIpc) is 2.87. The Balaban J connectivity index is 0.00000274. The number of hydrogen-bond donors (Lipinski definition) is 1. The molecule has 1 N–H and O–H groups in total. The summed E-state index contributed by atoms with van der Waals surface area (Å²) in [6.45, 7) is 2.48. The van der Waals surface area contributed by atoms with E-state index in [0.29, 0.717) is 37.6 Å². The highest BCUT2D eigenvalue weighted by atomic mass is 16.6. The van der Waals surface area contributed by atoms with E-state index in [1.165, 1.54) is 0 Å². The van der Waals surface area contributed by atoms with Gasteiger partial charge >= 0.3 is 6.09 Å². The van der Waals surface area contributed by atoms with Crippen LogP contribution in [0.25, 0.3) is 22.3 Å². The summed E-state index contributed by atoms with van der Waals surface area (Å²) >= 11 is 0. The van der Waals surface area contributed by atoms with Gasteiger partial charge in [-0.3, -0.25) is 4.98 Å². The fourth-order valence-corrected chi connectivity index (χ4v) is 3.90. The SMILES string of the molecule is O=C(OCc1cccnc1)N1CCN(c2nc(-c3ccccc3O)nc3ccccc23)CC1.[HH]. The molecule has 3 heterocycles. The van der Waals surface area contributed by atoms with Gasteiger partial charge in [-0.2, -0.15) is 0 Å². The van der Waals surface area contributed by atoms with Crippen molar-refractivity contribution in [3.63, 3.8) is 0 Å². The topological polar surface area (TPSA) is 91.7 Å². The second-order valence-corrected chi connectivity index (χ2v) is 7.80. The molecule has 0 unspecified atom stereocenters. The van der Waals surface area contributed by atoms with Crippen molar-refractivity contribution < 1.29 is 16.1 Å². The van der Waals surface area contributed by atoms with Gasteiger partial charge in [0.2, 0.25) is 0 Å². The number of hydrogen-bond acceptors (Lipinski definition) is 7. The molecule has 1 fully saturated rings. The molecule has 33 heavy (non-hydrogen) atoms. The van der Waals surface area contributed by atoms with Crippen molar-refractivity contribution in [2.24, 2.45) is 0 Å². The molecule has 2 aromatic carbocycles. The number of fused-ring (bicyclic) bond motifs is 1. The van der Waals surface area contributed by atoms with Crippen LogP contribution < -0.4 is 4.90 Å². The van der Waals surface area contributed by atoms with Crippen molar-refractivity contribution >= 4 is 22.8 Å². The number of para-hydroxylation sites is 2. The number of carbonyl (C=O) groups excluding carboxylic acids is 1. The first kappa shape index (κ1) is 20.7. The molecule has 2 aromatic heterocycles. The number of ether oxygens (including phenoxy) is 1. The van der Waals surface area contributed by atoms with Gasteiger partial charge in [-0.25, -0.2) is 14.8 Å². The Morgan fingerprint density at radius 1 is 0.970 bits per heavy atom. The lowest BCUT2D eigenvalue weighted by Crippen LogP contribution is -2.49. The lowest BCUT2D eigenvalue weighted by atomic mass is 10.1. The molecule has 8 heteroatoms. The van der Waals surface area contributed by atoms with Gasteiger partial charge < -0.3 is 19.6 Å². The Bertz CT molecular complexity index is 1280. The molecule has 5 rings (SSSR count). The van der Waals surface area contributed by atoms with E-state index in [1.807, 2.05) is 42.5 Å². The van der Waals surface area contributed by atoms with E-state index in [2.05, 4.69) is 14.9 Å². The fourth-order valence-electron chi connectivity index (χ4n) is 3.90. The Kier molecular flexibility index (Phi) is 5.72. The van der Waals surface area contributed by atoms with Gasteiger partial charge in [0.25, 0.3) is 0 Å². The molecule has 0 radical (unpaired) electrons. The van der Waals surface area contributed by atoms with E-state index < -0.39 is 0 Å². The smallest absolute Gasteiger partial charge is 0.410 e. The van der Waals surface area contributed by atoms with Crippen LogP contribution >= 0.6 is 0 Å². The molecule has 8 nitrogen and oxygen atoms in total. The number of amides is 1. The largest absolute Gasteiger partial charge is 0.507 e. The maximum absolute atomic E-state index is 12.5. The molecule has 1 amide bonds. The zero-order valence-corrected chi connectivity index (χ0v) is 18.0. The number of nitrogens with zero attached hydrogens (tertiary/aromatic N) is 5. The summed E-state index contributed by atoms with van der Waals surface area (Å²) in [6, 6.07) is 18.6. The molecule has 0 saturated carbocycles. The van der Waals surface area contributed by atoms with Crippen molar-refractivity contribution in [1.29, 1.82) is 0 Å². The van der Waals surface area contributed by atoms with Gasteiger partial charge in [0.1, 0.15) is 18.2 Å². The molecule has 1 aliphatic heterocycles. The van der Waals surface area contributed by atoms with Gasteiger partial charge in [0, 0.05) is 50.9 Å². The lowest BCUT2D eigenvalue weighted by molar-refractivity contribution is 0.0941. The van der Waals surface area contributed by atoms with Crippen molar-refractivity contribution in [1.82, 2.24) is 19.9 Å². The summed E-state index contributed by atoms with van der Waals surface area (Å²) in [6.07, 6.45) is 3.04. The highest BCUT2D eigenvalue weighted by Crippen LogP contribution is 2.31. The van der Waals surface area contributed by atoms with Crippen molar-refractivity contribution in [3.8, 4) is 17.1 Å². The predicted octanol–water partition coefficient (Wildman–Crippen LogP) is 4.10. The number of piperazine rings is 1. The Morgan fingerprint density at radius 2 is 1.76 bits per heavy atom. The van der Waals surface area contributed by atoms with Crippen LogP contribution in [0.3, 0.4) is 0 Å². The molecular formula is C25H25N5O3. The van der Waals surface area contributed by atoms with Crippen molar-refractivity contribution in [3.05, 3.63) is 78.6 Å². The zero-order valence-electron chi connectivity index (χ0n) is 18.0. The van der Waals surface area contributed by atoms with E-state index in [9.17, 15) is 9.90 Å². The number of phenolic OH excluding ortho intramolecular Hbond substituents is 1. The summed E-state index contributed by atoms with van der Waals surface area (Å²) in [4.78, 5) is 29.9. The molecule has 0 aliphatic carbocycles. The molecule has 4 aromatic rings. The summed E-state index contributed by atoms with van der Waals surface area (Å²) in [7, 11) is 0. The van der Waals surface area contributed by atoms with E-state index in [4.69, 9.17) is 9.72 Å². The maximum Gasteiger partial charge on any atom is 0.410 e. The second-order valence-electron chi connectivity index (χ2n) is 7.80. The lowest BCUT2D eigenvalue weighted by Gasteiger charge is -2.35. The normalized spacial score (nSPS) is 13.8. The average molecular weight is 444 g/mol. The molecule has 168 valence electrons. The van der Waals surface area contributed by atoms with Gasteiger partial charge in [-0.1, -0.05) is 30.3 Å². The number of benzene rings is 2. The third-order valence-corrected chi connectivity index (χ3v) is 5.65. The van der Waals surface area contributed by atoms with Gasteiger partial charge in [-0.05, 0) is 30.3 Å². The van der Waals surface area contributed by atoms with Crippen LogP contribution in [0.4, 0.5) is 10.6 Å². The summed E-state index contributed by atoms with van der Waals surface area (Å²) in [5, 5.41) is 11.2. The van der Waals surface area contributed by atoms with Crippen LogP contribution in [-0.2, 0) is 11.3 Å². The van der Waals surface area contributed by atoms with E-state index in [-0.39, 0.29) is 19.9 Å². The molecular weight excluding hydrogens is 418 g/mol. The van der Waals surface area contributed by atoms with E-state index in [0.717, 1.165) is 22.3 Å². The number of anilines is 1. The number of aromatic nitrogens is 3. The zero-order chi connectivity index (χ0) is 22.6. The first-order valence-electron chi connectivity index (χ1n) is 10.8. The summed E-state index contributed by atoms with van der Waals surface area (Å²) < 4.78 is 5.44. The number of rotatable bonds is 4. The third-order valence-electron chi connectivity index (χ3n) is 5.65. The minimum Gasteiger partial charge on any atom is -0.507 e. The maximum atomic E-state index is 12.5. The standard InChI is InChI=1S/C25H23N5O3.H2/c31-22-10-4-2-8-20(22)23-27-21-9-3-1-7-19(21)24(28-23)29-12-14-30(15-13-29)25(32)33-17-18-6-5-11-26-16-18;/h1-11,16,31H,12-15,17H2;1H. The van der Waals surface area contributed by atoms with Gasteiger partial charge in [-0.15, -0.1) is 0 Å². The van der Waals surface area contributed by atoms with Gasteiger partial charge in [0.15, 0.2) is 5.82 Å². The van der Waals surface area contributed by atoms with E-state index in [1.54, 1.807) is 35.5 Å². The highest BCUT2D eigenvalue weighted by Gasteiger charge is 2.25. The summed E-state index contributed by atoms with van der Waals surface area (Å²) in [5.41, 5.74) is 2.25. The van der Waals surface area contributed by atoms with Crippen LogP contribution in [0.1, 0.15) is 6.99 Å².